The van der Waals surface area contributed by atoms with Gasteiger partial charge in [0.05, 0.1) is 5.69 Å². The Labute approximate surface area is 185 Å². The highest BCUT2D eigenvalue weighted by Gasteiger charge is 1.97. The molecule has 0 unspecified atom stereocenters. The summed E-state index contributed by atoms with van der Waals surface area (Å²) in [6.45, 7) is 2.29. The molecule has 30 heavy (non-hydrogen) atoms. The molecule has 1 aromatic heterocycles. The summed E-state index contributed by atoms with van der Waals surface area (Å²) in [5, 5.41) is 0. The molecule has 1 heterocycles. The number of aromatic nitrogens is 1. The van der Waals surface area contributed by atoms with E-state index in [0.29, 0.717) is 0 Å². The second-order valence-corrected chi connectivity index (χ2v) is 8.55. The molecular formula is C28H42N2. The van der Waals surface area contributed by atoms with Crippen LogP contribution in [0.4, 0.5) is 5.69 Å². The van der Waals surface area contributed by atoms with E-state index in [4.69, 9.17) is 0 Å². The van der Waals surface area contributed by atoms with Gasteiger partial charge in [-0.05, 0) is 48.2 Å². The maximum Gasteiger partial charge on any atom is 0.0630 e. The molecule has 0 aliphatic rings. The second kappa shape index (κ2) is 16.8. The number of aryl methyl sites for hydroxylation is 1. The van der Waals surface area contributed by atoms with Gasteiger partial charge >= 0.3 is 0 Å². The smallest absolute Gasteiger partial charge is 0.0630 e. The molecule has 0 radical (unpaired) electrons. The molecule has 0 aliphatic carbocycles. The van der Waals surface area contributed by atoms with Gasteiger partial charge in [0.1, 0.15) is 0 Å². The van der Waals surface area contributed by atoms with E-state index < -0.39 is 0 Å². The van der Waals surface area contributed by atoms with Crippen LogP contribution in [0.1, 0.15) is 108 Å². The summed E-state index contributed by atoms with van der Waals surface area (Å²) < 4.78 is 0. The minimum Gasteiger partial charge on any atom is -0.265 e. The first-order chi connectivity index (χ1) is 14.9. The predicted octanol–water partition coefficient (Wildman–Crippen LogP) is 8.86. The lowest BCUT2D eigenvalue weighted by Gasteiger charge is -2.04. The molecule has 0 spiro atoms. The maximum atomic E-state index is 4.54. The van der Waals surface area contributed by atoms with Gasteiger partial charge in [-0.1, -0.05) is 103 Å². The van der Waals surface area contributed by atoms with Crippen LogP contribution in [-0.2, 0) is 6.42 Å². The van der Waals surface area contributed by atoms with Gasteiger partial charge in [-0.3, -0.25) is 9.98 Å². The van der Waals surface area contributed by atoms with Crippen molar-refractivity contribution < 1.29 is 0 Å². The molecular weight excluding hydrogens is 364 g/mol. The number of nitrogens with zero attached hydrogens (tertiary/aromatic N) is 2. The average Bonchev–Trinajstić information content (AvgIpc) is 2.79. The largest absolute Gasteiger partial charge is 0.265 e. The lowest BCUT2D eigenvalue weighted by Crippen LogP contribution is -1.87. The van der Waals surface area contributed by atoms with Crippen molar-refractivity contribution in [3.63, 3.8) is 0 Å². The molecule has 164 valence electrons. The first kappa shape index (κ1) is 24.3. The van der Waals surface area contributed by atoms with Crippen molar-refractivity contribution in [2.75, 3.05) is 0 Å². The minimum absolute atomic E-state index is 1.01. The van der Waals surface area contributed by atoms with Crippen molar-refractivity contribution in [3.8, 4) is 0 Å². The molecule has 2 nitrogen and oxygen atoms in total. The number of aliphatic imine (C=N–C) groups is 1. The molecule has 0 N–H and O–H groups in total. The molecule has 0 bridgehead atoms. The second-order valence-electron chi connectivity index (χ2n) is 8.55. The van der Waals surface area contributed by atoms with Crippen LogP contribution in [0.25, 0.3) is 0 Å². The third kappa shape index (κ3) is 11.9. The highest BCUT2D eigenvalue weighted by Crippen LogP contribution is 2.16. The monoisotopic (exact) mass is 406 g/mol. The molecule has 2 heteroatoms. The Bertz CT molecular complexity index is 661. The van der Waals surface area contributed by atoms with Gasteiger partial charge in [-0.15, -0.1) is 0 Å². The number of pyridine rings is 1. The summed E-state index contributed by atoms with van der Waals surface area (Å²) in [6, 6.07) is 12.6. The topological polar surface area (TPSA) is 25.2 Å². The lowest BCUT2D eigenvalue weighted by atomic mass is 10.0. The summed E-state index contributed by atoms with van der Waals surface area (Å²) in [6.07, 6.45) is 26.5. The number of unbranched alkanes of at least 4 members (excludes halogenated alkanes) is 13. The fourth-order valence-electron chi connectivity index (χ4n) is 3.87. The SMILES string of the molecule is CCCCCCCCCCCCCCCCc1ccc(N=Cc2ccncc2)cc1. The van der Waals surface area contributed by atoms with Crippen LogP contribution in [0, 0.1) is 0 Å². The molecule has 0 saturated heterocycles. The summed E-state index contributed by atoms with van der Waals surface area (Å²) >= 11 is 0. The number of rotatable bonds is 17. The molecule has 0 fully saturated rings. The summed E-state index contributed by atoms with van der Waals surface area (Å²) in [7, 11) is 0. The van der Waals surface area contributed by atoms with Gasteiger partial charge < -0.3 is 0 Å². The van der Waals surface area contributed by atoms with Gasteiger partial charge in [0.2, 0.25) is 0 Å². The zero-order valence-electron chi connectivity index (χ0n) is 19.2. The molecule has 2 rings (SSSR count). The Morgan fingerprint density at radius 1 is 0.633 bits per heavy atom. The Morgan fingerprint density at radius 2 is 1.13 bits per heavy atom. The fourth-order valence-corrected chi connectivity index (χ4v) is 3.87. The van der Waals surface area contributed by atoms with Crippen LogP contribution in [0.5, 0.6) is 0 Å². The van der Waals surface area contributed by atoms with E-state index in [2.05, 4.69) is 41.2 Å². The van der Waals surface area contributed by atoms with E-state index in [-0.39, 0.29) is 0 Å². The first-order valence-electron chi connectivity index (χ1n) is 12.4. The third-order valence-corrected chi connectivity index (χ3v) is 5.82. The minimum atomic E-state index is 1.01. The van der Waals surface area contributed by atoms with E-state index in [1.807, 2.05) is 18.3 Å². The van der Waals surface area contributed by atoms with Crippen LogP contribution in [0.2, 0.25) is 0 Å². The van der Waals surface area contributed by atoms with Gasteiger partial charge in [0.25, 0.3) is 0 Å². The molecule has 0 saturated carbocycles. The Kier molecular flexibility index (Phi) is 13.6. The summed E-state index contributed by atoms with van der Waals surface area (Å²) in [5.41, 5.74) is 3.52. The van der Waals surface area contributed by atoms with E-state index in [0.717, 1.165) is 11.3 Å². The number of hydrogen-bond acceptors (Lipinski definition) is 2. The van der Waals surface area contributed by atoms with Crippen LogP contribution >= 0.6 is 0 Å². The Balaban J connectivity index is 1.43. The van der Waals surface area contributed by atoms with Crippen LogP contribution < -0.4 is 0 Å². The average molecular weight is 407 g/mol. The predicted molar refractivity (Wildman–Crippen MR) is 132 cm³/mol. The maximum absolute atomic E-state index is 4.54. The number of hydrogen-bond donors (Lipinski definition) is 0. The van der Waals surface area contributed by atoms with E-state index in [9.17, 15) is 0 Å². The normalized spacial score (nSPS) is 11.4. The van der Waals surface area contributed by atoms with Gasteiger partial charge in [0, 0.05) is 18.6 Å². The van der Waals surface area contributed by atoms with Gasteiger partial charge in [-0.2, -0.15) is 0 Å². The first-order valence-corrected chi connectivity index (χ1v) is 12.4. The van der Waals surface area contributed by atoms with Gasteiger partial charge in [-0.25, -0.2) is 0 Å². The Hall–Kier alpha value is -1.96. The van der Waals surface area contributed by atoms with E-state index >= 15 is 0 Å². The van der Waals surface area contributed by atoms with E-state index in [1.54, 1.807) is 12.4 Å². The highest BCUT2D eigenvalue weighted by atomic mass is 14.7. The third-order valence-electron chi connectivity index (χ3n) is 5.82. The van der Waals surface area contributed by atoms with Crippen LogP contribution in [0.15, 0.2) is 53.8 Å². The van der Waals surface area contributed by atoms with Crippen LogP contribution in [-0.4, -0.2) is 11.2 Å². The molecule has 0 atom stereocenters. The van der Waals surface area contributed by atoms with Crippen molar-refractivity contribution >= 4 is 11.9 Å². The van der Waals surface area contributed by atoms with Crippen molar-refractivity contribution in [2.45, 2.75) is 103 Å². The van der Waals surface area contributed by atoms with Crippen molar-refractivity contribution in [2.24, 2.45) is 4.99 Å². The molecule has 0 amide bonds. The zero-order chi connectivity index (χ0) is 21.1. The van der Waals surface area contributed by atoms with Crippen LogP contribution in [0.3, 0.4) is 0 Å². The van der Waals surface area contributed by atoms with Crippen molar-refractivity contribution in [3.05, 3.63) is 59.9 Å². The summed E-state index contributed by atoms with van der Waals surface area (Å²) in [5.74, 6) is 0. The molecule has 1 aromatic carbocycles. The summed E-state index contributed by atoms with van der Waals surface area (Å²) in [4.78, 5) is 8.57. The highest BCUT2D eigenvalue weighted by molar-refractivity contribution is 5.81. The lowest BCUT2D eigenvalue weighted by molar-refractivity contribution is 0.535. The van der Waals surface area contributed by atoms with Gasteiger partial charge in [0.15, 0.2) is 0 Å². The number of benzene rings is 1. The van der Waals surface area contributed by atoms with E-state index in [1.165, 1.54) is 102 Å². The standard InChI is InChI=1S/C28H42N2/c1-2-3-4-5-6-7-8-9-10-11-12-13-14-15-16-26-17-19-28(20-18-26)30-25-27-21-23-29-24-22-27/h17-25H,2-16H2,1H3. The quantitative estimate of drug-likeness (QED) is 0.190. The van der Waals surface area contributed by atoms with Crippen molar-refractivity contribution in [1.82, 2.24) is 4.98 Å². The zero-order valence-corrected chi connectivity index (χ0v) is 19.2. The fraction of sp³-hybridized carbons (Fsp3) is 0.571. The Morgan fingerprint density at radius 3 is 1.67 bits per heavy atom. The molecule has 0 aliphatic heterocycles. The van der Waals surface area contributed by atoms with Crippen molar-refractivity contribution in [1.29, 1.82) is 0 Å². The molecule has 2 aromatic rings.